The first-order chi connectivity index (χ1) is 9.58. The molecule has 0 saturated heterocycles. The highest BCUT2D eigenvalue weighted by Gasteiger charge is 2.10. The molecule has 0 heterocycles. The van der Waals surface area contributed by atoms with Crippen molar-refractivity contribution in [3.8, 4) is 0 Å². The van der Waals surface area contributed by atoms with Crippen molar-refractivity contribution < 1.29 is 5.11 Å². The number of rotatable bonds is 5. The lowest BCUT2D eigenvalue weighted by molar-refractivity contribution is 0.274. The van der Waals surface area contributed by atoms with Crippen LogP contribution in [0.2, 0.25) is 0 Å². The van der Waals surface area contributed by atoms with Crippen LogP contribution in [0.3, 0.4) is 0 Å². The fraction of sp³-hybridized carbons (Fsp3) is 0.294. The number of hydrogen-bond donors (Lipinski definition) is 3. The van der Waals surface area contributed by atoms with Gasteiger partial charge in [-0.05, 0) is 43.5 Å². The number of aliphatic hydroxyl groups is 1. The van der Waals surface area contributed by atoms with E-state index in [0.717, 1.165) is 17.7 Å². The molecule has 0 amide bonds. The number of nitrogen functional groups attached to an aromatic ring is 1. The largest absolute Gasteiger partial charge is 0.397 e. The van der Waals surface area contributed by atoms with E-state index in [1.165, 1.54) is 11.1 Å². The molecule has 0 fully saturated rings. The van der Waals surface area contributed by atoms with E-state index in [2.05, 4.69) is 36.5 Å². The summed E-state index contributed by atoms with van der Waals surface area (Å²) in [6.45, 7) is 4.15. The Labute approximate surface area is 120 Å². The van der Waals surface area contributed by atoms with Crippen LogP contribution in [0.4, 0.5) is 11.4 Å². The van der Waals surface area contributed by atoms with Crippen LogP contribution in [-0.2, 0) is 6.42 Å². The van der Waals surface area contributed by atoms with Gasteiger partial charge in [0.1, 0.15) is 0 Å². The highest BCUT2D eigenvalue weighted by atomic mass is 16.3. The maximum absolute atomic E-state index is 9.55. The van der Waals surface area contributed by atoms with Gasteiger partial charge in [0.25, 0.3) is 0 Å². The second-order valence-electron chi connectivity index (χ2n) is 5.30. The minimum atomic E-state index is -0.0392. The summed E-state index contributed by atoms with van der Waals surface area (Å²) in [5.74, 6) is 0. The van der Waals surface area contributed by atoms with E-state index in [4.69, 9.17) is 5.73 Å². The number of nitrogens with one attached hydrogen (secondary N) is 1. The Kier molecular flexibility index (Phi) is 4.64. The second kappa shape index (κ2) is 6.44. The zero-order chi connectivity index (χ0) is 14.5. The van der Waals surface area contributed by atoms with Gasteiger partial charge in [-0.1, -0.05) is 35.9 Å². The van der Waals surface area contributed by atoms with Crippen molar-refractivity contribution in [3.05, 3.63) is 59.2 Å². The summed E-state index contributed by atoms with van der Waals surface area (Å²) in [5.41, 5.74) is 11.2. The fourth-order valence-electron chi connectivity index (χ4n) is 2.20. The summed E-state index contributed by atoms with van der Waals surface area (Å²) in [5, 5.41) is 12.9. The van der Waals surface area contributed by atoms with Gasteiger partial charge in [-0.3, -0.25) is 0 Å². The van der Waals surface area contributed by atoms with E-state index in [-0.39, 0.29) is 12.6 Å². The van der Waals surface area contributed by atoms with Crippen LogP contribution in [0.1, 0.15) is 16.7 Å². The molecular weight excluding hydrogens is 248 g/mol. The van der Waals surface area contributed by atoms with Crippen LogP contribution < -0.4 is 11.1 Å². The average molecular weight is 270 g/mol. The van der Waals surface area contributed by atoms with Crippen LogP contribution in [0, 0.1) is 13.8 Å². The van der Waals surface area contributed by atoms with Gasteiger partial charge in [0.05, 0.1) is 24.0 Å². The zero-order valence-corrected chi connectivity index (χ0v) is 12.1. The van der Waals surface area contributed by atoms with E-state index in [9.17, 15) is 5.11 Å². The van der Waals surface area contributed by atoms with Crippen molar-refractivity contribution in [2.45, 2.75) is 26.3 Å². The van der Waals surface area contributed by atoms with Gasteiger partial charge in [-0.15, -0.1) is 0 Å². The van der Waals surface area contributed by atoms with Gasteiger partial charge in [0.2, 0.25) is 0 Å². The van der Waals surface area contributed by atoms with Crippen molar-refractivity contribution in [2.75, 3.05) is 17.7 Å². The average Bonchev–Trinajstić information content (AvgIpc) is 2.43. The predicted octanol–water partition coefficient (Wildman–Crippen LogP) is 2.90. The quantitative estimate of drug-likeness (QED) is 0.732. The summed E-state index contributed by atoms with van der Waals surface area (Å²) >= 11 is 0. The SMILES string of the molecule is Cc1ccc(CC(CO)Nc2ccc(C)cc2N)cc1. The summed E-state index contributed by atoms with van der Waals surface area (Å²) in [6, 6.07) is 14.2. The number of benzene rings is 2. The third-order valence-electron chi connectivity index (χ3n) is 3.39. The molecule has 0 aliphatic carbocycles. The number of anilines is 2. The zero-order valence-electron chi connectivity index (χ0n) is 12.1. The van der Waals surface area contributed by atoms with Crippen molar-refractivity contribution in [1.29, 1.82) is 0 Å². The molecule has 2 rings (SSSR count). The van der Waals surface area contributed by atoms with E-state index in [1.54, 1.807) is 0 Å². The minimum Gasteiger partial charge on any atom is -0.397 e. The number of aryl methyl sites for hydroxylation is 2. The third-order valence-corrected chi connectivity index (χ3v) is 3.39. The van der Waals surface area contributed by atoms with Crippen molar-refractivity contribution in [1.82, 2.24) is 0 Å². The highest BCUT2D eigenvalue weighted by Crippen LogP contribution is 2.21. The standard InChI is InChI=1S/C17H22N2O/c1-12-3-6-14(7-4-12)10-15(11-20)19-17-8-5-13(2)9-16(17)18/h3-9,15,19-20H,10-11,18H2,1-2H3. The molecule has 1 unspecified atom stereocenters. The van der Waals surface area contributed by atoms with Crippen molar-refractivity contribution in [3.63, 3.8) is 0 Å². The normalized spacial score (nSPS) is 12.2. The fourth-order valence-corrected chi connectivity index (χ4v) is 2.20. The van der Waals surface area contributed by atoms with Gasteiger partial charge >= 0.3 is 0 Å². The maximum atomic E-state index is 9.55. The topological polar surface area (TPSA) is 58.3 Å². The van der Waals surface area contributed by atoms with E-state index in [1.807, 2.05) is 25.1 Å². The monoisotopic (exact) mass is 270 g/mol. The summed E-state index contributed by atoms with van der Waals surface area (Å²) in [7, 11) is 0. The minimum absolute atomic E-state index is 0.0392. The molecule has 0 radical (unpaired) electrons. The maximum Gasteiger partial charge on any atom is 0.0636 e. The van der Waals surface area contributed by atoms with Crippen LogP contribution in [0.5, 0.6) is 0 Å². The van der Waals surface area contributed by atoms with Gasteiger partial charge in [0.15, 0.2) is 0 Å². The summed E-state index contributed by atoms with van der Waals surface area (Å²) in [4.78, 5) is 0. The highest BCUT2D eigenvalue weighted by molar-refractivity contribution is 5.67. The molecule has 1 atom stereocenters. The summed E-state index contributed by atoms with van der Waals surface area (Å²) < 4.78 is 0. The van der Waals surface area contributed by atoms with Gasteiger partial charge in [0, 0.05) is 0 Å². The molecular formula is C17H22N2O. The van der Waals surface area contributed by atoms with Gasteiger partial charge in [-0.2, -0.15) is 0 Å². The van der Waals surface area contributed by atoms with E-state index >= 15 is 0 Å². The molecule has 3 nitrogen and oxygen atoms in total. The Hall–Kier alpha value is -2.00. The second-order valence-corrected chi connectivity index (χ2v) is 5.30. The molecule has 0 aliphatic rings. The van der Waals surface area contributed by atoms with Crippen LogP contribution >= 0.6 is 0 Å². The molecule has 3 heteroatoms. The number of hydrogen-bond acceptors (Lipinski definition) is 3. The molecule has 0 saturated carbocycles. The molecule has 4 N–H and O–H groups in total. The first-order valence-corrected chi connectivity index (χ1v) is 6.87. The molecule has 0 bridgehead atoms. The first kappa shape index (κ1) is 14.4. The molecule has 2 aromatic rings. The predicted molar refractivity (Wildman–Crippen MR) is 85.0 cm³/mol. The van der Waals surface area contributed by atoms with Crippen LogP contribution in [0.15, 0.2) is 42.5 Å². The van der Waals surface area contributed by atoms with E-state index in [0.29, 0.717) is 5.69 Å². The molecule has 106 valence electrons. The van der Waals surface area contributed by atoms with Crippen LogP contribution in [-0.4, -0.2) is 17.8 Å². The molecule has 0 aliphatic heterocycles. The molecule has 2 aromatic carbocycles. The van der Waals surface area contributed by atoms with Crippen molar-refractivity contribution in [2.24, 2.45) is 0 Å². The van der Waals surface area contributed by atoms with Gasteiger partial charge in [-0.25, -0.2) is 0 Å². The van der Waals surface area contributed by atoms with Crippen LogP contribution in [0.25, 0.3) is 0 Å². The lowest BCUT2D eigenvalue weighted by Crippen LogP contribution is -2.26. The Balaban J connectivity index is 2.07. The van der Waals surface area contributed by atoms with Gasteiger partial charge < -0.3 is 16.2 Å². The van der Waals surface area contributed by atoms with Crippen molar-refractivity contribution >= 4 is 11.4 Å². The molecule has 20 heavy (non-hydrogen) atoms. The third kappa shape index (κ3) is 3.75. The Bertz CT molecular complexity index is 564. The summed E-state index contributed by atoms with van der Waals surface area (Å²) in [6.07, 6.45) is 0.768. The Morgan fingerprint density at radius 2 is 1.70 bits per heavy atom. The molecule has 0 spiro atoms. The first-order valence-electron chi connectivity index (χ1n) is 6.87. The van der Waals surface area contributed by atoms with E-state index < -0.39 is 0 Å². The smallest absolute Gasteiger partial charge is 0.0636 e. The molecule has 0 aromatic heterocycles. The Morgan fingerprint density at radius 1 is 1.05 bits per heavy atom. The lowest BCUT2D eigenvalue weighted by Gasteiger charge is -2.19. The lowest BCUT2D eigenvalue weighted by atomic mass is 10.0. The Morgan fingerprint density at radius 3 is 2.30 bits per heavy atom. The number of nitrogens with two attached hydrogens (primary N) is 1. The number of aliphatic hydroxyl groups excluding tert-OH is 1.